The quantitative estimate of drug-likeness (QED) is 0.451. The van der Waals surface area contributed by atoms with E-state index in [9.17, 15) is 4.79 Å². The first kappa shape index (κ1) is 12.3. The van der Waals surface area contributed by atoms with Crippen molar-refractivity contribution in [2.45, 2.75) is 20.1 Å². The molecule has 0 saturated heterocycles. The van der Waals surface area contributed by atoms with Crippen molar-refractivity contribution in [2.24, 2.45) is 0 Å². The summed E-state index contributed by atoms with van der Waals surface area (Å²) in [6, 6.07) is 0. The van der Waals surface area contributed by atoms with Gasteiger partial charge in [0, 0.05) is 13.5 Å². The summed E-state index contributed by atoms with van der Waals surface area (Å²) in [6.07, 6.45) is -0.582. The molecule has 1 atom stereocenters. The first-order chi connectivity index (χ1) is 6.20. The molecule has 5 nitrogen and oxygen atoms in total. The minimum atomic E-state index is -0.582. The maximum Gasteiger partial charge on any atom is 0.302 e. The Kier molecular flexibility index (Phi) is 7.57. The molecule has 0 fully saturated rings. The van der Waals surface area contributed by atoms with Crippen LogP contribution in [0.5, 0.6) is 0 Å². The zero-order chi connectivity index (χ0) is 10.1. The third kappa shape index (κ3) is 7.70. The molecule has 0 amide bonds. The fraction of sp³-hybridized carbons (Fsp3) is 0.875. The molecule has 0 aliphatic rings. The van der Waals surface area contributed by atoms with Gasteiger partial charge < -0.3 is 19.3 Å². The second kappa shape index (κ2) is 7.97. The summed E-state index contributed by atoms with van der Waals surface area (Å²) in [5, 5.41) is 8.47. The maximum absolute atomic E-state index is 10.4. The van der Waals surface area contributed by atoms with Gasteiger partial charge in [-0.05, 0) is 6.92 Å². The van der Waals surface area contributed by atoms with Crippen molar-refractivity contribution in [3.8, 4) is 0 Å². The molecule has 78 valence electrons. The van der Waals surface area contributed by atoms with Crippen molar-refractivity contribution < 1.29 is 24.1 Å². The first-order valence-corrected chi connectivity index (χ1v) is 4.18. The van der Waals surface area contributed by atoms with Crippen LogP contribution in [0.1, 0.15) is 13.8 Å². The van der Waals surface area contributed by atoms with Crippen LogP contribution in [0.4, 0.5) is 0 Å². The zero-order valence-electron chi connectivity index (χ0n) is 7.99. The molecule has 5 heteroatoms. The van der Waals surface area contributed by atoms with E-state index >= 15 is 0 Å². The molecule has 0 aliphatic carbocycles. The van der Waals surface area contributed by atoms with Crippen LogP contribution in [0.3, 0.4) is 0 Å². The van der Waals surface area contributed by atoms with E-state index in [1.165, 1.54) is 6.92 Å². The molecule has 0 aromatic rings. The summed E-state index contributed by atoms with van der Waals surface area (Å²) in [5.41, 5.74) is 0. The maximum atomic E-state index is 10.4. The van der Waals surface area contributed by atoms with E-state index in [0.29, 0.717) is 6.61 Å². The second-order valence-electron chi connectivity index (χ2n) is 2.28. The fourth-order valence-corrected chi connectivity index (χ4v) is 0.700. The van der Waals surface area contributed by atoms with Crippen LogP contribution in [-0.4, -0.2) is 43.8 Å². The van der Waals surface area contributed by atoms with E-state index < -0.39 is 6.29 Å². The average molecular weight is 192 g/mol. The number of hydrogen-bond donors (Lipinski definition) is 1. The van der Waals surface area contributed by atoms with E-state index in [-0.39, 0.29) is 25.8 Å². The minimum absolute atomic E-state index is 0.0587. The fourth-order valence-electron chi connectivity index (χ4n) is 0.700. The van der Waals surface area contributed by atoms with Gasteiger partial charge in [0.1, 0.15) is 6.61 Å². The SMILES string of the molecule is CCOC(COC(C)=O)OCCO. The molecule has 0 bridgehead atoms. The molecule has 1 unspecified atom stereocenters. The third-order valence-electron chi connectivity index (χ3n) is 1.17. The van der Waals surface area contributed by atoms with Gasteiger partial charge in [-0.25, -0.2) is 0 Å². The highest BCUT2D eigenvalue weighted by atomic mass is 16.7. The predicted octanol–water partition coefficient (Wildman–Crippen LogP) is -0.0790. The molecule has 13 heavy (non-hydrogen) atoms. The van der Waals surface area contributed by atoms with Crippen LogP contribution in [0, 0.1) is 0 Å². The van der Waals surface area contributed by atoms with Crippen LogP contribution >= 0.6 is 0 Å². The van der Waals surface area contributed by atoms with Crippen LogP contribution in [-0.2, 0) is 19.0 Å². The largest absolute Gasteiger partial charge is 0.460 e. The molecular weight excluding hydrogens is 176 g/mol. The minimum Gasteiger partial charge on any atom is -0.460 e. The summed E-state index contributed by atoms with van der Waals surface area (Å²) in [7, 11) is 0. The zero-order valence-corrected chi connectivity index (χ0v) is 7.99. The molecule has 1 N–H and O–H groups in total. The highest BCUT2D eigenvalue weighted by Crippen LogP contribution is 1.96. The van der Waals surface area contributed by atoms with E-state index in [2.05, 4.69) is 4.74 Å². The summed E-state index contributed by atoms with van der Waals surface area (Å²) in [6.45, 7) is 3.74. The Morgan fingerprint density at radius 2 is 2.15 bits per heavy atom. The summed E-state index contributed by atoms with van der Waals surface area (Å²) in [4.78, 5) is 10.4. The highest BCUT2D eigenvalue weighted by Gasteiger charge is 2.09. The summed E-state index contributed by atoms with van der Waals surface area (Å²) >= 11 is 0. The van der Waals surface area contributed by atoms with Gasteiger partial charge in [-0.15, -0.1) is 0 Å². The number of aliphatic hydroxyl groups excluding tert-OH is 1. The molecular formula is C8H16O5. The lowest BCUT2D eigenvalue weighted by Gasteiger charge is -2.16. The van der Waals surface area contributed by atoms with Crippen molar-refractivity contribution in [1.29, 1.82) is 0 Å². The summed E-state index contributed by atoms with van der Waals surface area (Å²) < 4.78 is 14.8. The molecule has 0 aromatic carbocycles. The molecule has 0 aromatic heterocycles. The van der Waals surface area contributed by atoms with Gasteiger partial charge >= 0.3 is 5.97 Å². The lowest BCUT2D eigenvalue weighted by atomic mass is 10.6. The first-order valence-electron chi connectivity index (χ1n) is 4.18. The van der Waals surface area contributed by atoms with E-state index in [0.717, 1.165) is 0 Å². The van der Waals surface area contributed by atoms with Crippen molar-refractivity contribution in [3.63, 3.8) is 0 Å². The number of aliphatic hydroxyl groups is 1. The van der Waals surface area contributed by atoms with Gasteiger partial charge in [-0.3, -0.25) is 4.79 Å². The molecule has 0 rings (SSSR count). The number of ether oxygens (including phenoxy) is 3. The van der Waals surface area contributed by atoms with Gasteiger partial charge in [0.2, 0.25) is 0 Å². The monoisotopic (exact) mass is 192 g/mol. The number of carbonyl (C=O) groups excluding carboxylic acids is 1. The summed E-state index contributed by atoms with van der Waals surface area (Å²) in [5.74, 6) is -0.377. The van der Waals surface area contributed by atoms with Gasteiger partial charge in [0.15, 0.2) is 6.29 Å². The molecule has 0 aliphatic heterocycles. The topological polar surface area (TPSA) is 65.0 Å². The number of esters is 1. The Morgan fingerprint density at radius 1 is 1.46 bits per heavy atom. The standard InChI is InChI=1S/C8H16O5/c1-3-11-8(12-5-4-9)6-13-7(2)10/h8-9H,3-6H2,1-2H3. The molecule has 0 radical (unpaired) electrons. The Hall–Kier alpha value is -0.650. The highest BCUT2D eigenvalue weighted by molar-refractivity contribution is 5.65. The smallest absolute Gasteiger partial charge is 0.302 e. The van der Waals surface area contributed by atoms with Crippen molar-refractivity contribution in [1.82, 2.24) is 0 Å². The van der Waals surface area contributed by atoms with Crippen molar-refractivity contribution >= 4 is 5.97 Å². The van der Waals surface area contributed by atoms with Crippen molar-refractivity contribution in [2.75, 3.05) is 26.4 Å². The Balaban J connectivity index is 3.59. The normalized spacial score (nSPS) is 12.5. The van der Waals surface area contributed by atoms with Gasteiger partial charge in [-0.2, -0.15) is 0 Å². The van der Waals surface area contributed by atoms with Crippen LogP contribution in [0.2, 0.25) is 0 Å². The number of carbonyl (C=O) groups is 1. The van der Waals surface area contributed by atoms with E-state index in [4.69, 9.17) is 14.6 Å². The molecule has 0 heterocycles. The lowest BCUT2D eigenvalue weighted by Crippen LogP contribution is -2.25. The number of rotatable bonds is 7. The van der Waals surface area contributed by atoms with Gasteiger partial charge in [0.25, 0.3) is 0 Å². The van der Waals surface area contributed by atoms with Crippen LogP contribution in [0.15, 0.2) is 0 Å². The van der Waals surface area contributed by atoms with E-state index in [1.54, 1.807) is 0 Å². The second-order valence-corrected chi connectivity index (χ2v) is 2.28. The molecule has 0 saturated carbocycles. The van der Waals surface area contributed by atoms with Crippen LogP contribution < -0.4 is 0 Å². The Morgan fingerprint density at radius 3 is 2.62 bits per heavy atom. The third-order valence-corrected chi connectivity index (χ3v) is 1.17. The van der Waals surface area contributed by atoms with E-state index in [1.807, 2.05) is 6.92 Å². The lowest BCUT2D eigenvalue weighted by molar-refractivity contribution is -0.182. The van der Waals surface area contributed by atoms with Crippen molar-refractivity contribution in [3.05, 3.63) is 0 Å². The Labute approximate surface area is 77.6 Å². The van der Waals surface area contributed by atoms with Crippen LogP contribution in [0.25, 0.3) is 0 Å². The predicted molar refractivity (Wildman–Crippen MR) is 45.1 cm³/mol. The number of hydrogen-bond acceptors (Lipinski definition) is 5. The Bertz CT molecular complexity index is 136. The molecule has 0 spiro atoms. The average Bonchev–Trinajstić information content (AvgIpc) is 2.09. The van der Waals surface area contributed by atoms with Gasteiger partial charge in [-0.1, -0.05) is 0 Å². The van der Waals surface area contributed by atoms with Gasteiger partial charge in [0.05, 0.1) is 13.2 Å².